The second kappa shape index (κ2) is 8.53. The van der Waals surface area contributed by atoms with Crippen LogP contribution in [-0.2, 0) is 4.79 Å². The van der Waals surface area contributed by atoms with Crippen molar-refractivity contribution in [1.82, 2.24) is 0 Å². The highest BCUT2D eigenvalue weighted by molar-refractivity contribution is 6.31. The van der Waals surface area contributed by atoms with Gasteiger partial charge in [-0.05, 0) is 87.1 Å². The first kappa shape index (κ1) is 21.9. The van der Waals surface area contributed by atoms with Crippen LogP contribution in [-0.4, -0.2) is 18.0 Å². The molecule has 0 fully saturated rings. The minimum Gasteiger partial charge on any atom is -0.366 e. The molecule has 2 aromatic carbocycles. The number of nitrogens with zero attached hydrogens (tertiary/aromatic N) is 2. The van der Waals surface area contributed by atoms with E-state index in [2.05, 4.69) is 50.0 Å². The molecule has 1 N–H and O–H groups in total. The van der Waals surface area contributed by atoms with Crippen molar-refractivity contribution in [3.05, 3.63) is 63.7 Å². The van der Waals surface area contributed by atoms with E-state index in [1.807, 2.05) is 25.1 Å². The number of rotatable bonds is 4. The van der Waals surface area contributed by atoms with Crippen molar-refractivity contribution >= 4 is 35.0 Å². The first-order valence-electron chi connectivity index (χ1n) is 10.3. The first-order valence-corrected chi connectivity index (χ1v) is 10.6. The summed E-state index contributed by atoms with van der Waals surface area (Å²) in [5.41, 5.74) is 4.99. The zero-order valence-electron chi connectivity index (χ0n) is 18.2. The van der Waals surface area contributed by atoms with Crippen LogP contribution in [0.25, 0.3) is 6.08 Å². The lowest BCUT2D eigenvalue weighted by Gasteiger charge is -2.47. The maximum Gasteiger partial charge on any atom is 0.266 e. The number of nitrogens with one attached hydrogen (secondary N) is 1. The fourth-order valence-electron chi connectivity index (χ4n) is 4.43. The van der Waals surface area contributed by atoms with Crippen molar-refractivity contribution < 1.29 is 4.79 Å². The number of hydrogen-bond acceptors (Lipinski definition) is 3. The van der Waals surface area contributed by atoms with Crippen molar-refractivity contribution in [2.75, 3.05) is 16.8 Å². The molecule has 3 rings (SSSR count). The van der Waals surface area contributed by atoms with Gasteiger partial charge < -0.3 is 10.2 Å². The summed E-state index contributed by atoms with van der Waals surface area (Å²) in [6, 6.07) is 13.5. The first-order chi connectivity index (χ1) is 14.2. The molecule has 4 nitrogen and oxygen atoms in total. The second-order valence-electron chi connectivity index (χ2n) is 8.56. The Hall–Kier alpha value is -2.77. The number of aryl methyl sites for hydroxylation is 1. The van der Waals surface area contributed by atoms with Crippen molar-refractivity contribution in [2.24, 2.45) is 0 Å². The minimum absolute atomic E-state index is 0.0606. The SMILES string of the molecule is CCN1c2ccc(/C=C(/C#N)C(=O)Nc3cc(Cl)ccc3C)cc2[C@H](C)CC1(C)C. The molecule has 0 bridgehead atoms. The quantitative estimate of drug-likeness (QED) is 0.465. The largest absolute Gasteiger partial charge is 0.366 e. The lowest BCUT2D eigenvalue weighted by atomic mass is 9.79. The summed E-state index contributed by atoms with van der Waals surface area (Å²) in [5.74, 6) is -0.0374. The topological polar surface area (TPSA) is 56.1 Å². The van der Waals surface area contributed by atoms with Gasteiger partial charge in [0.2, 0.25) is 0 Å². The number of amides is 1. The number of carbonyl (C=O) groups excluding carboxylic acids is 1. The van der Waals surface area contributed by atoms with Crippen LogP contribution in [0.4, 0.5) is 11.4 Å². The highest BCUT2D eigenvalue weighted by atomic mass is 35.5. The Morgan fingerprint density at radius 1 is 1.33 bits per heavy atom. The summed E-state index contributed by atoms with van der Waals surface area (Å²) in [7, 11) is 0. The zero-order valence-corrected chi connectivity index (χ0v) is 19.0. The molecule has 1 atom stereocenters. The molecule has 0 spiro atoms. The van der Waals surface area contributed by atoms with E-state index in [4.69, 9.17) is 11.6 Å². The predicted molar refractivity (Wildman–Crippen MR) is 125 cm³/mol. The molecule has 0 radical (unpaired) electrons. The summed E-state index contributed by atoms with van der Waals surface area (Å²) < 4.78 is 0. The van der Waals surface area contributed by atoms with E-state index in [1.54, 1.807) is 18.2 Å². The van der Waals surface area contributed by atoms with Crippen LogP contribution in [0.15, 0.2) is 42.0 Å². The minimum atomic E-state index is -0.440. The van der Waals surface area contributed by atoms with Crippen LogP contribution in [0.2, 0.25) is 5.02 Å². The van der Waals surface area contributed by atoms with E-state index in [-0.39, 0.29) is 11.1 Å². The van der Waals surface area contributed by atoms with Crippen molar-refractivity contribution in [3.8, 4) is 6.07 Å². The average molecular weight is 422 g/mol. The van der Waals surface area contributed by atoms with E-state index in [0.717, 1.165) is 24.1 Å². The molecule has 30 heavy (non-hydrogen) atoms. The third-order valence-corrected chi connectivity index (χ3v) is 6.08. The summed E-state index contributed by atoms with van der Waals surface area (Å²) in [5, 5.41) is 12.9. The van der Waals surface area contributed by atoms with Gasteiger partial charge in [-0.25, -0.2) is 0 Å². The molecule has 1 heterocycles. The van der Waals surface area contributed by atoms with Crippen molar-refractivity contribution in [3.63, 3.8) is 0 Å². The van der Waals surface area contributed by atoms with Crippen LogP contribution >= 0.6 is 11.6 Å². The standard InChI is InChI=1S/C25H28ClN3O/c1-6-29-23-10-8-18(12-21(23)17(3)14-25(29,4)5)11-19(15-27)24(30)28-22-13-20(26)9-7-16(22)2/h7-13,17H,6,14H2,1-5H3,(H,28,30)/b19-11-/t17-/m1/s1. The van der Waals surface area contributed by atoms with Crippen LogP contribution < -0.4 is 10.2 Å². The molecule has 1 aliphatic rings. The molecule has 0 saturated heterocycles. The average Bonchev–Trinajstić information content (AvgIpc) is 2.68. The number of hydrogen-bond donors (Lipinski definition) is 1. The second-order valence-corrected chi connectivity index (χ2v) is 9.00. The maximum atomic E-state index is 12.7. The monoisotopic (exact) mass is 421 g/mol. The zero-order chi connectivity index (χ0) is 22.1. The molecule has 1 aliphatic heterocycles. The van der Waals surface area contributed by atoms with Crippen LogP contribution in [0.3, 0.4) is 0 Å². The van der Waals surface area contributed by atoms with Crippen LogP contribution in [0.5, 0.6) is 0 Å². The van der Waals surface area contributed by atoms with Gasteiger partial charge in [-0.3, -0.25) is 4.79 Å². The highest BCUT2D eigenvalue weighted by Gasteiger charge is 2.35. The Morgan fingerprint density at radius 3 is 2.73 bits per heavy atom. The van der Waals surface area contributed by atoms with Crippen LogP contribution in [0, 0.1) is 18.3 Å². The Labute approximate surface area is 184 Å². The van der Waals surface area contributed by atoms with Gasteiger partial charge in [-0.15, -0.1) is 0 Å². The Balaban J connectivity index is 1.92. The van der Waals surface area contributed by atoms with Gasteiger partial charge >= 0.3 is 0 Å². The number of nitriles is 1. The molecule has 1 amide bonds. The summed E-state index contributed by atoms with van der Waals surface area (Å²) >= 11 is 6.03. The number of benzene rings is 2. The fraction of sp³-hybridized carbons (Fsp3) is 0.360. The number of fused-ring (bicyclic) bond motifs is 1. The third-order valence-electron chi connectivity index (χ3n) is 5.85. The van der Waals surface area contributed by atoms with Crippen molar-refractivity contribution in [2.45, 2.75) is 52.5 Å². The van der Waals surface area contributed by atoms with Crippen molar-refractivity contribution in [1.29, 1.82) is 5.26 Å². The molecule has 0 unspecified atom stereocenters. The van der Waals surface area contributed by atoms with E-state index < -0.39 is 5.91 Å². The summed E-state index contributed by atoms with van der Waals surface area (Å²) in [6.45, 7) is 11.8. The molecular weight excluding hydrogens is 394 g/mol. The number of anilines is 2. The normalized spacial score (nSPS) is 17.8. The molecule has 0 aromatic heterocycles. The van der Waals surface area contributed by atoms with E-state index >= 15 is 0 Å². The fourth-order valence-corrected chi connectivity index (χ4v) is 4.60. The van der Waals surface area contributed by atoms with E-state index in [9.17, 15) is 10.1 Å². The lowest BCUT2D eigenvalue weighted by Crippen LogP contribution is -2.48. The third kappa shape index (κ3) is 4.37. The molecule has 5 heteroatoms. The molecule has 0 aliphatic carbocycles. The number of halogens is 1. The summed E-state index contributed by atoms with van der Waals surface area (Å²) in [4.78, 5) is 15.1. The Morgan fingerprint density at radius 2 is 2.07 bits per heavy atom. The highest BCUT2D eigenvalue weighted by Crippen LogP contribution is 2.43. The molecular formula is C25H28ClN3O. The molecule has 0 saturated carbocycles. The van der Waals surface area contributed by atoms with Gasteiger partial charge in [0.15, 0.2) is 0 Å². The van der Waals surface area contributed by atoms with Gasteiger partial charge in [0, 0.05) is 28.5 Å². The predicted octanol–water partition coefficient (Wildman–Crippen LogP) is 6.31. The van der Waals surface area contributed by atoms with Gasteiger partial charge in [-0.1, -0.05) is 30.7 Å². The van der Waals surface area contributed by atoms with Gasteiger partial charge in [-0.2, -0.15) is 5.26 Å². The molecule has 156 valence electrons. The summed E-state index contributed by atoms with van der Waals surface area (Å²) in [6.07, 6.45) is 2.71. The van der Waals surface area contributed by atoms with E-state index in [1.165, 1.54) is 11.3 Å². The Bertz CT molecular complexity index is 1050. The lowest BCUT2D eigenvalue weighted by molar-refractivity contribution is -0.112. The maximum absolute atomic E-state index is 12.7. The van der Waals surface area contributed by atoms with Gasteiger partial charge in [0.05, 0.1) is 0 Å². The van der Waals surface area contributed by atoms with Crippen LogP contribution in [0.1, 0.15) is 56.7 Å². The van der Waals surface area contributed by atoms with Gasteiger partial charge in [0.1, 0.15) is 11.6 Å². The molecule has 2 aromatic rings. The van der Waals surface area contributed by atoms with E-state index in [0.29, 0.717) is 16.6 Å². The smallest absolute Gasteiger partial charge is 0.266 e. The van der Waals surface area contributed by atoms with Gasteiger partial charge in [0.25, 0.3) is 5.91 Å². The number of carbonyl (C=O) groups is 1. The Kier molecular flexibility index (Phi) is 6.24.